The standard InChI is InChI=1S/C14H22O3S2/c1-4-14(5-2,11-18)10-17-12-6-8-13(9-7-12)19(3,15)16/h6-9,18H,4-5,10-11H2,1-3H3. The van der Waals surface area contributed by atoms with Crippen LogP contribution in [0.3, 0.4) is 0 Å². The van der Waals surface area contributed by atoms with Crippen molar-refractivity contribution in [1.29, 1.82) is 0 Å². The lowest BCUT2D eigenvalue weighted by Gasteiger charge is -2.29. The lowest BCUT2D eigenvalue weighted by atomic mass is 9.85. The molecule has 0 N–H and O–H groups in total. The van der Waals surface area contributed by atoms with Crippen molar-refractivity contribution in [3.8, 4) is 5.75 Å². The second kappa shape index (κ2) is 6.66. The topological polar surface area (TPSA) is 43.4 Å². The fraction of sp³-hybridized carbons (Fsp3) is 0.571. The molecule has 0 saturated carbocycles. The first-order valence-electron chi connectivity index (χ1n) is 6.40. The summed E-state index contributed by atoms with van der Waals surface area (Å²) in [6.45, 7) is 4.87. The number of rotatable bonds is 7. The number of thiol groups is 1. The molecule has 0 spiro atoms. The van der Waals surface area contributed by atoms with Gasteiger partial charge in [0.1, 0.15) is 5.75 Å². The minimum absolute atomic E-state index is 0.0820. The Labute approximate surface area is 121 Å². The van der Waals surface area contributed by atoms with Crippen molar-refractivity contribution in [2.75, 3.05) is 18.6 Å². The molecule has 3 nitrogen and oxygen atoms in total. The van der Waals surface area contributed by atoms with E-state index in [0.29, 0.717) is 17.3 Å². The highest BCUT2D eigenvalue weighted by Gasteiger charge is 2.25. The first-order valence-corrected chi connectivity index (χ1v) is 8.93. The minimum Gasteiger partial charge on any atom is -0.493 e. The van der Waals surface area contributed by atoms with Crippen LogP contribution in [0.1, 0.15) is 26.7 Å². The zero-order chi connectivity index (χ0) is 14.5. The molecule has 0 heterocycles. The van der Waals surface area contributed by atoms with Crippen LogP contribution in [0.25, 0.3) is 0 Å². The molecule has 0 aromatic heterocycles. The molecular formula is C14H22O3S2. The van der Waals surface area contributed by atoms with Gasteiger partial charge >= 0.3 is 0 Å². The summed E-state index contributed by atoms with van der Waals surface area (Å²) in [6.07, 6.45) is 3.21. The van der Waals surface area contributed by atoms with Gasteiger partial charge in [-0.1, -0.05) is 13.8 Å². The van der Waals surface area contributed by atoms with E-state index in [1.54, 1.807) is 24.3 Å². The predicted octanol–water partition coefficient (Wildman–Crippen LogP) is 3.21. The van der Waals surface area contributed by atoms with Crippen LogP contribution in [0.5, 0.6) is 5.75 Å². The third-order valence-corrected chi connectivity index (χ3v) is 5.43. The maximum atomic E-state index is 11.3. The van der Waals surface area contributed by atoms with E-state index in [1.165, 1.54) is 6.26 Å². The number of hydrogen-bond acceptors (Lipinski definition) is 4. The highest BCUT2D eigenvalue weighted by molar-refractivity contribution is 7.90. The van der Waals surface area contributed by atoms with E-state index in [1.807, 2.05) is 0 Å². The molecule has 1 aromatic carbocycles. The van der Waals surface area contributed by atoms with E-state index in [4.69, 9.17) is 4.74 Å². The predicted molar refractivity (Wildman–Crippen MR) is 81.9 cm³/mol. The summed E-state index contributed by atoms with van der Waals surface area (Å²) < 4.78 is 28.5. The highest BCUT2D eigenvalue weighted by Crippen LogP contribution is 2.29. The van der Waals surface area contributed by atoms with E-state index in [0.717, 1.165) is 18.6 Å². The van der Waals surface area contributed by atoms with Crippen molar-refractivity contribution in [3.05, 3.63) is 24.3 Å². The van der Waals surface area contributed by atoms with Crippen molar-refractivity contribution >= 4 is 22.5 Å². The third kappa shape index (κ3) is 4.42. The van der Waals surface area contributed by atoms with E-state index < -0.39 is 9.84 Å². The smallest absolute Gasteiger partial charge is 0.175 e. The second-order valence-electron chi connectivity index (χ2n) is 4.90. The maximum absolute atomic E-state index is 11.3. The summed E-state index contributed by atoms with van der Waals surface area (Å²) in [5.74, 6) is 1.47. The summed E-state index contributed by atoms with van der Waals surface area (Å²) in [5.41, 5.74) is 0.0820. The van der Waals surface area contributed by atoms with Gasteiger partial charge in [0.05, 0.1) is 11.5 Å². The van der Waals surface area contributed by atoms with Gasteiger partial charge in [0.25, 0.3) is 0 Å². The summed E-state index contributed by atoms with van der Waals surface area (Å²) in [6, 6.07) is 6.55. The summed E-state index contributed by atoms with van der Waals surface area (Å²) in [5, 5.41) is 0. The molecule has 0 unspecified atom stereocenters. The van der Waals surface area contributed by atoms with Gasteiger partial charge in [-0.05, 0) is 42.9 Å². The van der Waals surface area contributed by atoms with Crippen LogP contribution < -0.4 is 4.74 Å². The van der Waals surface area contributed by atoms with Crippen LogP contribution >= 0.6 is 12.6 Å². The van der Waals surface area contributed by atoms with Gasteiger partial charge in [0.15, 0.2) is 9.84 Å². The van der Waals surface area contributed by atoms with Gasteiger partial charge in [-0.25, -0.2) is 8.42 Å². The molecule has 1 rings (SSSR count). The Morgan fingerprint density at radius 3 is 2.05 bits per heavy atom. The molecule has 0 radical (unpaired) electrons. The normalized spacial score (nSPS) is 12.4. The van der Waals surface area contributed by atoms with Crippen molar-refractivity contribution in [2.45, 2.75) is 31.6 Å². The number of hydrogen-bond donors (Lipinski definition) is 1. The lowest BCUT2D eigenvalue weighted by Crippen LogP contribution is -2.29. The van der Waals surface area contributed by atoms with Crippen LogP contribution in [0.15, 0.2) is 29.2 Å². The lowest BCUT2D eigenvalue weighted by molar-refractivity contribution is 0.157. The molecular weight excluding hydrogens is 280 g/mol. The Bertz CT molecular complexity index is 480. The molecule has 0 amide bonds. The molecule has 0 aliphatic carbocycles. The Morgan fingerprint density at radius 2 is 1.68 bits per heavy atom. The number of sulfone groups is 1. The van der Waals surface area contributed by atoms with Gasteiger partial charge in [-0.15, -0.1) is 0 Å². The minimum atomic E-state index is -3.14. The molecule has 0 bridgehead atoms. The van der Waals surface area contributed by atoms with Gasteiger partial charge in [-0.2, -0.15) is 12.6 Å². The quantitative estimate of drug-likeness (QED) is 0.787. The van der Waals surface area contributed by atoms with Gasteiger partial charge in [0.2, 0.25) is 0 Å². The Kier molecular flexibility index (Phi) is 5.74. The summed E-state index contributed by atoms with van der Waals surface area (Å²) in [4.78, 5) is 0.311. The van der Waals surface area contributed by atoms with Crippen molar-refractivity contribution in [3.63, 3.8) is 0 Å². The second-order valence-corrected chi connectivity index (χ2v) is 7.23. The van der Waals surface area contributed by atoms with Gasteiger partial charge in [0, 0.05) is 11.7 Å². The third-order valence-electron chi connectivity index (χ3n) is 3.63. The summed E-state index contributed by atoms with van der Waals surface area (Å²) >= 11 is 4.40. The van der Waals surface area contributed by atoms with E-state index in [2.05, 4.69) is 26.5 Å². The fourth-order valence-corrected chi connectivity index (χ4v) is 2.91. The van der Waals surface area contributed by atoms with Crippen molar-refractivity contribution in [1.82, 2.24) is 0 Å². The monoisotopic (exact) mass is 302 g/mol. The molecule has 0 fully saturated rings. The zero-order valence-corrected chi connectivity index (χ0v) is 13.4. The van der Waals surface area contributed by atoms with E-state index >= 15 is 0 Å². The summed E-state index contributed by atoms with van der Waals surface area (Å²) in [7, 11) is -3.14. The molecule has 1 aromatic rings. The van der Waals surface area contributed by atoms with Crippen LogP contribution in [-0.4, -0.2) is 27.0 Å². The number of benzene rings is 1. The van der Waals surface area contributed by atoms with Crippen LogP contribution in [0.4, 0.5) is 0 Å². The number of ether oxygens (including phenoxy) is 1. The molecule has 0 aliphatic heterocycles. The molecule has 5 heteroatoms. The average Bonchev–Trinajstić information content (AvgIpc) is 2.40. The Balaban J connectivity index is 2.74. The molecule has 0 atom stereocenters. The first kappa shape index (κ1) is 16.4. The maximum Gasteiger partial charge on any atom is 0.175 e. The van der Waals surface area contributed by atoms with Gasteiger partial charge < -0.3 is 4.74 Å². The molecule has 19 heavy (non-hydrogen) atoms. The SMILES string of the molecule is CCC(CC)(CS)COc1ccc(S(C)(=O)=O)cc1. The van der Waals surface area contributed by atoms with E-state index in [9.17, 15) is 8.42 Å². The van der Waals surface area contributed by atoms with Gasteiger partial charge in [-0.3, -0.25) is 0 Å². The van der Waals surface area contributed by atoms with Crippen LogP contribution in [0.2, 0.25) is 0 Å². The molecule has 0 aliphatic rings. The van der Waals surface area contributed by atoms with Crippen molar-refractivity contribution in [2.24, 2.45) is 5.41 Å². The highest BCUT2D eigenvalue weighted by atomic mass is 32.2. The Hall–Kier alpha value is -0.680. The molecule has 0 saturated heterocycles. The van der Waals surface area contributed by atoms with E-state index in [-0.39, 0.29) is 5.41 Å². The zero-order valence-electron chi connectivity index (χ0n) is 11.7. The van der Waals surface area contributed by atoms with Crippen LogP contribution in [-0.2, 0) is 9.84 Å². The van der Waals surface area contributed by atoms with Crippen LogP contribution in [0, 0.1) is 5.41 Å². The fourth-order valence-electron chi connectivity index (χ4n) is 1.74. The Morgan fingerprint density at radius 1 is 1.16 bits per heavy atom. The molecule has 108 valence electrons. The van der Waals surface area contributed by atoms with Crippen molar-refractivity contribution < 1.29 is 13.2 Å². The first-order chi connectivity index (χ1) is 8.87. The average molecular weight is 302 g/mol. The largest absolute Gasteiger partial charge is 0.493 e.